The maximum absolute atomic E-state index is 12.0. The van der Waals surface area contributed by atoms with Gasteiger partial charge in [0, 0.05) is 66.5 Å². The summed E-state index contributed by atoms with van der Waals surface area (Å²) in [4.78, 5) is 95.1. The molecule has 0 bridgehead atoms. The van der Waals surface area contributed by atoms with Gasteiger partial charge in [-0.15, -0.1) is 0 Å². The van der Waals surface area contributed by atoms with E-state index in [1.54, 1.807) is 24.3 Å². The highest BCUT2D eigenvalue weighted by molar-refractivity contribution is 5.70. The summed E-state index contributed by atoms with van der Waals surface area (Å²) in [6, 6.07) is 6.63. The van der Waals surface area contributed by atoms with Gasteiger partial charge in [0.05, 0.1) is 0 Å². The minimum Gasteiger partial charge on any atom is -0.463 e. The van der Waals surface area contributed by atoms with Crippen LogP contribution in [0.3, 0.4) is 0 Å². The van der Waals surface area contributed by atoms with Crippen LogP contribution in [0.25, 0.3) is 0 Å². The standard InChI is InChI=1S/C40H46O20/c1-21(41)51-19-31-33(53-23(3)43)35(55-25(5)45)37(57-27(7)47)39(59-31)49-17-9-11-29-13-15-30(16-14-29)12-10-18-50-40-38(58-28(8)48)36(56-26(6)46)34(54-24(4)44)32(60-40)20-52-22(2)42/h13-16,31-40H,17-20H2,1-8H3/t31-,32-,33+,34+,35+,36+,37-,38-,39-,40-/m1/s1. The molecule has 20 heteroatoms. The summed E-state index contributed by atoms with van der Waals surface area (Å²) >= 11 is 0. The minimum absolute atomic E-state index is 0.286. The molecular formula is C40H46O20. The van der Waals surface area contributed by atoms with Crippen LogP contribution in [0.4, 0.5) is 0 Å². The van der Waals surface area contributed by atoms with Crippen molar-refractivity contribution in [2.45, 2.75) is 117 Å². The second-order valence-electron chi connectivity index (χ2n) is 12.9. The third-order valence-corrected chi connectivity index (χ3v) is 7.89. The quantitative estimate of drug-likeness (QED) is 0.141. The van der Waals surface area contributed by atoms with E-state index in [2.05, 4.69) is 23.7 Å². The number of carbonyl (C=O) groups excluding carboxylic acids is 8. The Balaban J connectivity index is 1.73. The predicted octanol–water partition coefficient (Wildman–Crippen LogP) is 0.589. The number of esters is 8. The van der Waals surface area contributed by atoms with Crippen molar-refractivity contribution in [3.63, 3.8) is 0 Å². The molecule has 1 aromatic rings. The van der Waals surface area contributed by atoms with Gasteiger partial charge in [0.1, 0.15) is 38.6 Å². The summed E-state index contributed by atoms with van der Waals surface area (Å²) in [6.45, 7) is 7.55. The highest BCUT2D eigenvalue weighted by atomic mass is 16.7. The van der Waals surface area contributed by atoms with Gasteiger partial charge in [-0.1, -0.05) is 23.7 Å². The molecule has 20 nitrogen and oxygen atoms in total. The Morgan fingerprint density at radius 3 is 1.00 bits per heavy atom. The number of ether oxygens (including phenoxy) is 12. The molecule has 0 radical (unpaired) electrons. The fourth-order valence-corrected chi connectivity index (χ4v) is 5.81. The first-order chi connectivity index (χ1) is 28.3. The molecule has 1 aromatic carbocycles. The van der Waals surface area contributed by atoms with E-state index in [1.165, 1.54) is 0 Å². The lowest BCUT2D eigenvalue weighted by Gasteiger charge is -2.43. The van der Waals surface area contributed by atoms with E-state index < -0.39 is 122 Å². The molecule has 326 valence electrons. The van der Waals surface area contributed by atoms with Crippen LogP contribution in [0.5, 0.6) is 0 Å². The topological polar surface area (TPSA) is 247 Å². The molecular weight excluding hydrogens is 800 g/mol. The lowest BCUT2D eigenvalue weighted by molar-refractivity contribution is -0.305. The number of carbonyl (C=O) groups is 8. The van der Waals surface area contributed by atoms with Gasteiger partial charge >= 0.3 is 47.8 Å². The molecule has 2 fully saturated rings. The molecule has 0 aromatic heterocycles. The number of hydrogen-bond acceptors (Lipinski definition) is 20. The fourth-order valence-electron chi connectivity index (χ4n) is 5.81. The van der Waals surface area contributed by atoms with Crippen LogP contribution in [0.15, 0.2) is 24.3 Å². The first-order valence-corrected chi connectivity index (χ1v) is 18.3. The van der Waals surface area contributed by atoms with E-state index in [9.17, 15) is 38.4 Å². The Kier molecular flexibility index (Phi) is 18.9. The van der Waals surface area contributed by atoms with Gasteiger partial charge in [-0.05, 0) is 24.3 Å². The van der Waals surface area contributed by atoms with Gasteiger partial charge in [0.25, 0.3) is 0 Å². The van der Waals surface area contributed by atoms with Crippen molar-refractivity contribution in [3.8, 4) is 23.7 Å². The van der Waals surface area contributed by atoms with Crippen molar-refractivity contribution >= 4 is 47.8 Å². The molecule has 2 aliphatic rings. The van der Waals surface area contributed by atoms with Crippen LogP contribution in [0.1, 0.15) is 66.5 Å². The molecule has 0 spiro atoms. The first-order valence-electron chi connectivity index (χ1n) is 18.3. The highest BCUT2D eigenvalue weighted by Gasteiger charge is 2.54. The Morgan fingerprint density at radius 1 is 0.433 bits per heavy atom. The van der Waals surface area contributed by atoms with Crippen LogP contribution >= 0.6 is 0 Å². The fraction of sp³-hybridized carbons (Fsp3) is 0.550. The monoisotopic (exact) mass is 846 g/mol. The van der Waals surface area contributed by atoms with Crippen molar-refractivity contribution in [3.05, 3.63) is 35.4 Å². The zero-order chi connectivity index (χ0) is 44.5. The van der Waals surface area contributed by atoms with Crippen LogP contribution in [-0.4, -0.2) is 136 Å². The summed E-state index contributed by atoms with van der Waals surface area (Å²) in [5, 5.41) is 0. The maximum atomic E-state index is 12.0. The second kappa shape index (κ2) is 23.5. The predicted molar refractivity (Wildman–Crippen MR) is 196 cm³/mol. The second-order valence-corrected chi connectivity index (χ2v) is 12.9. The van der Waals surface area contributed by atoms with Crippen molar-refractivity contribution in [2.75, 3.05) is 26.4 Å². The molecule has 0 amide bonds. The van der Waals surface area contributed by atoms with Crippen LogP contribution in [0.2, 0.25) is 0 Å². The first kappa shape index (κ1) is 48.3. The van der Waals surface area contributed by atoms with Gasteiger partial charge in [-0.25, -0.2) is 0 Å². The highest BCUT2D eigenvalue weighted by Crippen LogP contribution is 2.31. The zero-order valence-corrected chi connectivity index (χ0v) is 34.1. The van der Waals surface area contributed by atoms with Gasteiger partial charge in [0.2, 0.25) is 0 Å². The SMILES string of the molecule is CC(=O)OC[C@H]1O[C@@H](OCC#Cc2ccc(C#CCO[C@@H]3O[C@H](COC(C)=O)[C@H](OC(C)=O)[C@H](OC(C)=O)[C@H]3OC(C)=O)cc2)[C@H](OC(C)=O)[C@@H](OC(C)=O)[C@H]1OC(C)=O. The Hall–Kier alpha value is -6.06. The van der Waals surface area contributed by atoms with E-state index in [0.717, 1.165) is 55.4 Å². The van der Waals surface area contributed by atoms with Crippen LogP contribution in [0, 0.1) is 23.7 Å². The van der Waals surface area contributed by atoms with E-state index in [4.69, 9.17) is 56.8 Å². The average Bonchev–Trinajstić information content (AvgIpc) is 3.14. The lowest BCUT2D eigenvalue weighted by Crippen LogP contribution is -2.63. The van der Waals surface area contributed by atoms with Crippen molar-refractivity contribution in [2.24, 2.45) is 0 Å². The summed E-state index contributed by atoms with van der Waals surface area (Å²) < 4.78 is 65.7. The van der Waals surface area contributed by atoms with E-state index in [1.807, 2.05) is 0 Å². The third kappa shape index (κ3) is 15.9. The van der Waals surface area contributed by atoms with E-state index >= 15 is 0 Å². The average molecular weight is 847 g/mol. The molecule has 3 rings (SSSR count). The molecule has 0 aliphatic carbocycles. The number of benzene rings is 1. The number of rotatable bonds is 14. The van der Waals surface area contributed by atoms with Crippen molar-refractivity contribution in [1.29, 1.82) is 0 Å². The molecule has 60 heavy (non-hydrogen) atoms. The van der Waals surface area contributed by atoms with E-state index in [0.29, 0.717) is 11.1 Å². The van der Waals surface area contributed by atoms with Gasteiger partial charge in [0.15, 0.2) is 49.2 Å². The Bertz CT molecular complexity index is 1720. The molecule has 2 aliphatic heterocycles. The number of hydrogen-bond donors (Lipinski definition) is 0. The van der Waals surface area contributed by atoms with Crippen molar-refractivity contribution in [1.82, 2.24) is 0 Å². The summed E-state index contributed by atoms with van der Waals surface area (Å²) in [7, 11) is 0. The van der Waals surface area contributed by atoms with Gasteiger partial charge in [-0.2, -0.15) is 0 Å². The van der Waals surface area contributed by atoms with Crippen LogP contribution in [-0.2, 0) is 95.2 Å². The summed E-state index contributed by atoms with van der Waals surface area (Å²) in [5.74, 6) is 5.37. The Labute approximate surface area is 344 Å². The maximum Gasteiger partial charge on any atom is 0.303 e. The molecule has 10 atom stereocenters. The molecule has 2 saturated heterocycles. The van der Waals surface area contributed by atoms with Gasteiger partial charge < -0.3 is 56.8 Å². The smallest absolute Gasteiger partial charge is 0.303 e. The summed E-state index contributed by atoms with van der Waals surface area (Å²) in [6.07, 6.45) is -13.4. The van der Waals surface area contributed by atoms with Crippen molar-refractivity contribution < 1.29 is 95.2 Å². The minimum atomic E-state index is -1.40. The molecule has 0 unspecified atom stereocenters. The molecule has 2 heterocycles. The third-order valence-electron chi connectivity index (χ3n) is 7.89. The zero-order valence-electron chi connectivity index (χ0n) is 34.1. The van der Waals surface area contributed by atoms with Gasteiger partial charge in [-0.3, -0.25) is 38.4 Å². The normalized spacial score (nSPS) is 25.5. The van der Waals surface area contributed by atoms with Crippen LogP contribution < -0.4 is 0 Å². The summed E-state index contributed by atoms with van der Waals surface area (Å²) in [5.41, 5.74) is 1.08. The Morgan fingerprint density at radius 2 is 0.717 bits per heavy atom. The molecule has 0 saturated carbocycles. The largest absolute Gasteiger partial charge is 0.463 e. The lowest BCUT2D eigenvalue weighted by atomic mass is 9.98. The molecule has 0 N–H and O–H groups in total. The van der Waals surface area contributed by atoms with E-state index in [-0.39, 0.29) is 13.2 Å².